The van der Waals surface area contributed by atoms with E-state index in [9.17, 15) is 9.59 Å². The molecule has 1 aromatic heterocycles. The average Bonchev–Trinajstić information content (AvgIpc) is 3.07. The van der Waals surface area contributed by atoms with E-state index >= 15 is 0 Å². The number of carbonyl (C=O) groups is 2. The maximum absolute atomic E-state index is 12.9. The number of hydrogen-bond donors (Lipinski definition) is 1. The van der Waals surface area contributed by atoms with Gasteiger partial charge in [-0.3, -0.25) is 9.59 Å². The second-order valence-electron chi connectivity index (χ2n) is 7.03. The molecule has 138 valence electrons. The van der Waals surface area contributed by atoms with E-state index in [-0.39, 0.29) is 18.4 Å². The molecule has 0 aliphatic carbocycles. The minimum Gasteiger partial charge on any atom is -0.481 e. The van der Waals surface area contributed by atoms with Crippen molar-refractivity contribution in [1.82, 2.24) is 9.47 Å². The van der Waals surface area contributed by atoms with Crippen molar-refractivity contribution >= 4 is 22.8 Å². The molecular formula is C22H22N2O3. The number of nitrogens with zero attached hydrogens (tertiary/aromatic N) is 2. The average molecular weight is 362 g/mol. The lowest BCUT2D eigenvalue weighted by molar-refractivity contribution is -0.145. The maximum atomic E-state index is 12.9. The third-order valence-corrected chi connectivity index (χ3v) is 5.37. The van der Waals surface area contributed by atoms with E-state index in [0.717, 1.165) is 22.2 Å². The van der Waals surface area contributed by atoms with E-state index in [4.69, 9.17) is 5.11 Å². The van der Waals surface area contributed by atoms with Gasteiger partial charge in [-0.25, -0.2) is 0 Å². The van der Waals surface area contributed by atoms with E-state index in [2.05, 4.69) is 16.7 Å². The number of carboxylic acid groups (broad SMARTS) is 1. The number of para-hydroxylation sites is 1. The Balaban J connectivity index is 1.62. The molecule has 0 atom stereocenters. The first kappa shape index (κ1) is 17.3. The van der Waals surface area contributed by atoms with Crippen molar-refractivity contribution < 1.29 is 14.7 Å². The molecule has 5 nitrogen and oxygen atoms in total. The lowest BCUT2D eigenvalue weighted by Gasteiger charge is -2.30. The van der Waals surface area contributed by atoms with Gasteiger partial charge in [0.1, 0.15) is 6.54 Å². The molecule has 3 aromatic rings. The largest absolute Gasteiger partial charge is 0.481 e. The predicted molar refractivity (Wildman–Crippen MR) is 104 cm³/mol. The third-order valence-electron chi connectivity index (χ3n) is 5.37. The number of likely N-dealkylation sites (tertiary alicyclic amines) is 1. The van der Waals surface area contributed by atoms with Crippen molar-refractivity contribution in [3.8, 4) is 11.3 Å². The van der Waals surface area contributed by atoms with Crippen molar-refractivity contribution in [2.75, 3.05) is 13.1 Å². The molecule has 1 fully saturated rings. The zero-order chi connectivity index (χ0) is 18.8. The minimum absolute atomic E-state index is 0.0392. The van der Waals surface area contributed by atoms with Crippen LogP contribution in [-0.2, 0) is 16.1 Å². The van der Waals surface area contributed by atoms with Crippen molar-refractivity contribution in [1.29, 1.82) is 0 Å². The summed E-state index contributed by atoms with van der Waals surface area (Å²) in [6.45, 7) is 1.28. The fourth-order valence-electron chi connectivity index (χ4n) is 3.84. The molecule has 2 aromatic carbocycles. The summed E-state index contributed by atoms with van der Waals surface area (Å²) in [5.74, 6) is -1.05. The topological polar surface area (TPSA) is 62.5 Å². The van der Waals surface area contributed by atoms with E-state index in [1.165, 1.54) is 0 Å². The zero-order valence-electron chi connectivity index (χ0n) is 15.0. The Morgan fingerprint density at radius 1 is 0.963 bits per heavy atom. The number of hydrogen-bond acceptors (Lipinski definition) is 2. The highest BCUT2D eigenvalue weighted by atomic mass is 16.4. The summed E-state index contributed by atoms with van der Waals surface area (Å²) in [7, 11) is 0. The Morgan fingerprint density at radius 2 is 1.63 bits per heavy atom. The lowest BCUT2D eigenvalue weighted by atomic mass is 9.97. The fraction of sp³-hybridized carbons (Fsp3) is 0.273. The van der Waals surface area contributed by atoms with E-state index in [1.54, 1.807) is 4.90 Å². The Hall–Kier alpha value is -3.08. The first-order valence-corrected chi connectivity index (χ1v) is 9.28. The molecule has 1 aliphatic rings. The number of carboxylic acids is 1. The van der Waals surface area contributed by atoms with Gasteiger partial charge in [0.15, 0.2) is 0 Å². The highest BCUT2D eigenvalue weighted by molar-refractivity contribution is 5.89. The van der Waals surface area contributed by atoms with Gasteiger partial charge in [-0.15, -0.1) is 0 Å². The molecule has 0 radical (unpaired) electrons. The number of aliphatic carboxylic acids is 1. The number of aromatic nitrogens is 1. The van der Waals surface area contributed by atoms with E-state index < -0.39 is 5.97 Å². The van der Waals surface area contributed by atoms with E-state index in [0.29, 0.717) is 25.9 Å². The molecule has 0 saturated carbocycles. The summed E-state index contributed by atoms with van der Waals surface area (Å²) in [6.07, 6.45) is 1.05. The van der Waals surface area contributed by atoms with Gasteiger partial charge < -0.3 is 14.6 Å². The molecular weight excluding hydrogens is 340 g/mol. The summed E-state index contributed by atoms with van der Waals surface area (Å²) in [6, 6.07) is 20.3. The van der Waals surface area contributed by atoms with Crippen LogP contribution in [0.1, 0.15) is 12.8 Å². The first-order valence-electron chi connectivity index (χ1n) is 9.28. The number of carbonyl (C=O) groups excluding carboxylic acids is 1. The molecule has 4 rings (SSSR count). The summed E-state index contributed by atoms with van der Waals surface area (Å²) in [5.41, 5.74) is 3.13. The lowest BCUT2D eigenvalue weighted by Crippen LogP contribution is -2.41. The standard InChI is InChI=1S/C22H22N2O3/c25-21(23-12-10-17(11-13-23)22(26)27)15-24-19-9-5-4-8-18(19)14-20(24)16-6-2-1-3-7-16/h1-9,14,17H,10-13,15H2,(H,26,27). The van der Waals surface area contributed by atoms with Gasteiger partial charge >= 0.3 is 5.97 Å². The zero-order valence-corrected chi connectivity index (χ0v) is 15.0. The molecule has 0 bridgehead atoms. The molecule has 1 aliphatic heterocycles. The molecule has 0 unspecified atom stereocenters. The van der Waals surface area contributed by atoms with Gasteiger partial charge in [-0.2, -0.15) is 0 Å². The van der Waals surface area contributed by atoms with Gasteiger partial charge in [-0.05, 0) is 30.5 Å². The van der Waals surface area contributed by atoms with Crippen LogP contribution in [-0.4, -0.2) is 39.5 Å². The maximum Gasteiger partial charge on any atom is 0.306 e. The van der Waals surface area contributed by atoms with Crippen molar-refractivity contribution in [2.24, 2.45) is 5.92 Å². The van der Waals surface area contributed by atoms with Crippen LogP contribution >= 0.6 is 0 Å². The number of fused-ring (bicyclic) bond motifs is 1. The highest BCUT2D eigenvalue weighted by Gasteiger charge is 2.27. The van der Waals surface area contributed by atoms with Crippen molar-refractivity contribution in [3.05, 3.63) is 60.7 Å². The Labute approximate surface area is 157 Å². The Morgan fingerprint density at radius 3 is 2.33 bits per heavy atom. The van der Waals surface area contributed by atoms with Crippen LogP contribution in [0.3, 0.4) is 0 Å². The molecule has 2 heterocycles. The van der Waals surface area contributed by atoms with Gasteiger partial charge in [0.25, 0.3) is 0 Å². The van der Waals surface area contributed by atoms with Gasteiger partial charge in [-0.1, -0.05) is 48.5 Å². The summed E-state index contributed by atoms with van der Waals surface area (Å²) >= 11 is 0. The van der Waals surface area contributed by atoms with Gasteiger partial charge in [0, 0.05) is 29.7 Å². The summed E-state index contributed by atoms with van der Waals surface area (Å²) in [4.78, 5) is 25.8. The fourth-order valence-corrected chi connectivity index (χ4v) is 3.84. The Bertz CT molecular complexity index is 970. The summed E-state index contributed by atoms with van der Waals surface area (Å²) in [5, 5.41) is 10.2. The van der Waals surface area contributed by atoms with Crippen LogP contribution in [0.15, 0.2) is 60.7 Å². The van der Waals surface area contributed by atoms with Crippen molar-refractivity contribution in [2.45, 2.75) is 19.4 Å². The summed E-state index contributed by atoms with van der Waals surface area (Å²) < 4.78 is 2.07. The van der Waals surface area contributed by atoms with Gasteiger partial charge in [0.2, 0.25) is 5.91 Å². The van der Waals surface area contributed by atoms with Crippen LogP contribution in [0, 0.1) is 5.92 Å². The monoisotopic (exact) mass is 362 g/mol. The van der Waals surface area contributed by atoms with Crippen LogP contribution in [0.25, 0.3) is 22.2 Å². The smallest absolute Gasteiger partial charge is 0.306 e. The van der Waals surface area contributed by atoms with Crippen molar-refractivity contribution in [3.63, 3.8) is 0 Å². The normalized spacial score (nSPS) is 15.2. The SMILES string of the molecule is O=C(O)C1CCN(C(=O)Cn2c(-c3ccccc3)cc3ccccc32)CC1. The number of rotatable bonds is 4. The quantitative estimate of drug-likeness (QED) is 0.771. The number of benzene rings is 2. The molecule has 5 heteroatoms. The second-order valence-corrected chi connectivity index (χ2v) is 7.03. The molecule has 1 amide bonds. The number of piperidine rings is 1. The molecule has 1 saturated heterocycles. The Kier molecular flexibility index (Phi) is 4.67. The third kappa shape index (κ3) is 3.45. The highest BCUT2D eigenvalue weighted by Crippen LogP contribution is 2.28. The predicted octanol–water partition coefficient (Wildman–Crippen LogP) is 3.63. The second kappa shape index (κ2) is 7.27. The van der Waals surface area contributed by atoms with Gasteiger partial charge in [0.05, 0.1) is 5.92 Å². The molecule has 0 spiro atoms. The minimum atomic E-state index is -0.759. The first-order chi connectivity index (χ1) is 13.1. The molecule has 1 N–H and O–H groups in total. The van der Waals surface area contributed by atoms with Crippen LogP contribution in [0.4, 0.5) is 0 Å². The van der Waals surface area contributed by atoms with Crippen LogP contribution in [0.2, 0.25) is 0 Å². The van der Waals surface area contributed by atoms with Crippen LogP contribution < -0.4 is 0 Å². The van der Waals surface area contributed by atoms with E-state index in [1.807, 2.05) is 48.5 Å². The van der Waals surface area contributed by atoms with Crippen LogP contribution in [0.5, 0.6) is 0 Å². The number of amides is 1. The molecule has 27 heavy (non-hydrogen) atoms.